The zero-order valence-corrected chi connectivity index (χ0v) is 8.49. The lowest BCUT2D eigenvalue weighted by Gasteiger charge is -2.39. The Labute approximate surface area is 83.1 Å². The summed E-state index contributed by atoms with van der Waals surface area (Å²) in [5.74, 6) is -0.825. The molecule has 0 aromatic carbocycles. The topological polar surface area (TPSA) is 69.6 Å². The molecule has 0 bridgehead atoms. The third-order valence-electron chi connectivity index (χ3n) is 2.63. The van der Waals surface area contributed by atoms with Crippen molar-refractivity contribution >= 4 is 11.9 Å². The Morgan fingerprint density at radius 1 is 1.57 bits per heavy atom. The molecular weight excluding hydrogens is 184 g/mol. The van der Waals surface area contributed by atoms with Crippen molar-refractivity contribution in [1.29, 1.82) is 0 Å². The van der Waals surface area contributed by atoms with Gasteiger partial charge in [0.1, 0.15) is 0 Å². The summed E-state index contributed by atoms with van der Waals surface area (Å²) in [5, 5.41) is 11.8. The maximum Gasteiger partial charge on any atom is 0.305 e. The fourth-order valence-electron chi connectivity index (χ4n) is 1.84. The van der Waals surface area contributed by atoms with Crippen molar-refractivity contribution in [3.63, 3.8) is 0 Å². The van der Waals surface area contributed by atoms with E-state index in [1.54, 1.807) is 4.90 Å². The quantitative estimate of drug-likeness (QED) is 0.640. The molecule has 1 amide bonds. The number of hydrogen-bond acceptors (Lipinski definition) is 3. The van der Waals surface area contributed by atoms with Crippen molar-refractivity contribution < 1.29 is 14.7 Å². The number of nitrogens with one attached hydrogen (secondary N) is 1. The molecule has 1 heterocycles. The lowest BCUT2D eigenvalue weighted by molar-refractivity contribution is -0.140. The van der Waals surface area contributed by atoms with Crippen molar-refractivity contribution in [3.8, 4) is 0 Å². The molecule has 0 spiro atoms. The van der Waals surface area contributed by atoms with Gasteiger partial charge in [-0.2, -0.15) is 0 Å². The standard InChI is InChI=1S/C9H16N2O3/c1-6-8(5-9(13)14)10-3-4-11(6)7(2)12/h6,8,10H,3-5H2,1-2H3,(H,13,14)/t6-,8+/m1/s1. The second-order valence-electron chi connectivity index (χ2n) is 3.61. The number of hydrogen-bond donors (Lipinski definition) is 2. The zero-order valence-electron chi connectivity index (χ0n) is 8.49. The number of aliphatic carboxylic acids is 1. The Balaban J connectivity index is 2.61. The van der Waals surface area contributed by atoms with Crippen LogP contribution in [-0.4, -0.2) is 47.1 Å². The third-order valence-corrected chi connectivity index (χ3v) is 2.63. The van der Waals surface area contributed by atoms with Gasteiger partial charge in [-0.25, -0.2) is 0 Å². The summed E-state index contributed by atoms with van der Waals surface area (Å²) in [7, 11) is 0. The van der Waals surface area contributed by atoms with Gasteiger partial charge < -0.3 is 15.3 Å². The van der Waals surface area contributed by atoms with E-state index in [9.17, 15) is 9.59 Å². The van der Waals surface area contributed by atoms with Crippen LogP contribution in [0.5, 0.6) is 0 Å². The van der Waals surface area contributed by atoms with E-state index < -0.39 is 5.97 Å². The Morgan fingerprint density at radius 3 is 2.71 bits per heavy atom. The summed E-state index contributed by atoms with van der Waals surface area (Å²) in [6.45, 7) is 4.72. The molecule has 2 N–H and O–H groups in total. The maximum absolute atomic E-state index is 11.2. The van der Waals surface area contributed by atoms with E-state index in [4.69, 9.17) is 5.11 Å². The molecular formula is C9H16N2O3. The Morgan fingerprint density at radius 2 is 2.21 bits per heavy atom. The fraction of sp³-hybridized carbons (Fsp3) is 0.778. The van der Waals surface area contributed by atoms with Crippen molar-refractivity contribution in [2.24, 2.45) is 0 Å². The van der Waals surface area contributed by atoms with Crippen molar-refractivity contribution in [2.45, 2.75) is 32.4 Å². The molecule has 5 heteroatoms. The second-order valence-corrected chi connectivity index (χ2v) is 3.61. The average molecular weight is 200 g/mol. The number of nitrogens with zero attached hydrogens (tertiary/aromatic N) is 1. The van der Waals surface area contributed by atoms with Crippen LogP contribution in [0, 0.1) is 0 Å². The minimum Gasteiger partial charge on any atom is -0.481 e. The molecule has 0 aromatic rings. The molecule has 1 aliphatic heterocycles. The van der Waals surface area contributed by atoms with Gasteiger partial charge in [-0.05, 0) is 6.92 Å². The van der Waals surface area contributed by atoms with Gasteiger partial charge in [-0.3, -0.25) is 9.59 Å². The van der Waals surface area contributed by atoms with Crippen molar-refractivity contribution in [1.82, 2.24) is 10.2 Å². The number of carboxylic acids is 1. The first-order chi connectivity index (χ1) is 6.52. The molecule has 14 heavy (non-hydrogen) atoms. The first-order valence-electron chi connectivity index (χ1n) is 4.74. The van der Waals surface area contributed by atoms with Crippen LogP contribution in [0.15, 0.2) is 0 Å². The number of carbonyl (C=O) groups is 2. The summed E-state index contributed by atoms with van der Waals surface area (Å²) in [6.07, 6.45) is 0.0605. The van der Waals surface area contributed by atoms with Gasteiger partial charge >= 0.3 is 5.97 Å². The van der Waals surface area contributed by atoms with Gasteiger partial charge in [0.25, 0.3) is 0 Å². The molecule has 80 valence electrons. The molecule has 0 aliphatic carbocycles. The molecule has 1 fully saturated rings. The highest BCUT2D eigenvalue weighted by Gasteiger charge is 2.30. The summed E-state index contributed by atoms with van der Waals surface area (Å²) in [6, 6.07) is -0.178. The van der Waals surface area contributed by atoms with Gasteiger partial charge in [-0.1, -0.05) is 0 Å². The van der Waals surface area contributed by atoms with E-state index >= 15 is 0 Å². The average Bonchev–Trinajstić information content (AvgIpc) is 2.07. The third kappa shape index (κ3) is 2.45. The highest BCUT2D eigenvalue weighted by molar-refractivity contribution is 5.74. The highest BCUT2D eigenvalue weighted by atomic mass is 16.4. The summed E-state index contributed by atoms with van der Waals surface area (Å²) in [5.41, 5.74) is 0. The van der Waals surface area contributed by atoms with E-state index in [0.717, 1.165) is 0 Å². The molecule has 5 nitrogen and oxygen atoms in total. The molecule has 1 rings (SSSR count). The fourth-order valence-corrected chi connectivity index (χ4v) is 1.84. The molecule has 0 radical (unpaired) electrons. The summed E-state index contributed by atoms with van der Waals surface area (Å²) in [4.78, 5) is 23.4. The molecule has 0 aromatic heterocycles. The Bertz CT molecular complexity index is 242. The van der Waals surface area contributed by atoms with Crippen LogP contribution >= 0.6 is 0 Å². The normalized spacial score (nSPS) is 27.4. The van der Waals surface area contributed by atoms with Crippen LogP contribution in [0.4, 0.5) is 0 Å². The smallest absolute Gasteiger partial charge is 0.305 e. The molecule has 1 aliphatic rings. The minimum atomic E-state index is -0.834. The van der Waals surface area contributed by atoms with Crippen LogP contribution in [0.2, 0.25) is 0 Å². The number of rotatable bonds is 2. The lowest BCUT2D eigenvalue weighted by atomic mass is 10.0. The summed E-state index contributed by atoms with van der Waals surface area (Å²) < 4.78 is 0. The first-order valence-corrected chi connectivity index (χ1v) is 4.74. The van der Waals surface area contributed by atoms with Crippen LogP contribution in [0.3, 0.4) is 0 Å². The van der Waals surface area contributed by atoms with E-state index in [1.165, 1.54) is 6.92 Å². The van der Waals surface area contributed by atoms with E-state index in [2.05, 4.69) is 5.32 Å². The predicted octanol–water partition coefficient (Wildman–Crippen LogP) is -0.330. The van der Waals surface area contributed by atoms with Crippen LogP contribution in [-0.2, 0) is 9.59 Å². The second kappa shape index (κ2) is 4.41. The number of carboxylic acid groups (broad SMARTS) is 1. The molecule has 1 saturated heterocycles. The van der Waals surface area contributed by atoms with Gasteiger partial charge in [0.2, 0.25) is 5.91 Å². The highest BCUT2D eigenvalue weighted by Crippen LogP contribution is 2.12. The van der Waals surface area contributed by atoms with Gasteiger partial charge in [-0.15, -0.1) is 0 Å². The largest absolute Gasteiger partial charge is 0.481 e. The Hall–Kier alpha value is -1.10. The SMILES string of the molecule is CC(=O)N1CCN[C@@H](CC(=O)O)[C@H]1C. The number of piperazine rings is 1. The molecule has 2 atom stereocenters. The van der Waals surface area contributed by atoms with Gasteiger partial charge in [0.15, 0.2) is 0 Å². The monoisotopic (exact) mass is 200 g/mol. The predicted molar refractivity (Wildman–Crippen MR) is 50.9 cm³/mol. The first kappa shape index (κ1) is 11.0. The lowest BCUT2D eigenvalue weighted by Crippen LogP contribution is -2.58. The summed E-state index contributed by atoms with van der Waals surface area (Å²) >= 11 is 0. The number of carbonyl (C=O) groups excluding carboxylic acids is 1. The Kier molecular flexibility index (Phi) is 3.46. The maximum atomic E-state index is 11.2. The zero-order chi connectivity index (χ0) is 10.7. The van der Waals surface area contributed by atoms with Crippen LogP contribution in [0.25, 0.3) is 0 Å². The molecule has 0 unspecified atom stereocenters. The van der Waals surface area contributed by atoms with Gasteiger partial charge in [0.05, 0.1) is 6.42 Å². The van der Waals surface area contributed by atoms with Gasteiger partial charge in [0, 0.05) is 32.1 Å². The van der Waals surface area contributed by atoms with E-state index in [0.29, 0.717) is 13.1 Å². The van der Waals surface area contributed by atoms with Crippen LogP contribution in [0.1, 0.15) is 20.3 Å². The van der Waals surface area contributed by atoms with Crippen molar-refractivity contribution in [2.75, 3.05) is 13.1 Å². The van der Waals surface area contributed by atoms with E-state index in [1.807, 2.05) is 6.92 Å². The van der Waals surface area contributed by atoms with E-state index in [-0.39, 0.29) is 24.4 Å². The van der Waals surface area contributed by atoms with Crippen molar-refractivity contribution in [3.05, 3.63) is 0 Å². The van der Waals surface area contributed by atoms with Crippen LogP contribution < -0.4 is 5.32 Å². The molecule has 0 saturated carbocycles. The number of amides is 1. The minimum absolute atomic E-state index is 0.00869.